The second kappa shape index (κ2) is 11.2. The van der Waals surface area contributed by atoms with Crippen LogP contribution in [0.5, 0.6) is 5.75 Å². The van der Waals surface area contributed by atoms with Crippen molar-refractivity contribution < 1.29 is 19.1 Å². The Hall–Kier alpha value is -2.83. The summed E-state index contributed by atoms with van der Waals surface area (Å²) in [4.78, 5) is 27.8. The van der Waals surface area contributed by atoms with Crippen LogP contribution < -0.4 is 10.1 Å². The number of carbonyl (C=O) groups is 2. The van der Waals surface area contributed by atoms with E-state index in [0.29, 0.717) is 54.6 Å². The smallest absolute Gasteiger partial charge is 0.278 e. The molecule has 0 aromatic heterocycles. The van der Waals surface area contributed by atoms with Gasteiger partial charge in [0.25, 0.3) is 11.8 Å². The average molecular weight is 457 g/mol. The number of carbonyl (C=O) groups excluding carboxylic acids is 2. The molecule has 0 spiro atoms. The standard InChI is InChI=1S/C25H29ClN2O4/c1-4-14-32-20-11-8-18(9-12-20)22-23(27-21-16-19(26)10-7-17(21)3)25(30)28(24(22)29)13-6-15-31-5-2/h7-12,16,27H,4-6,13-15H2,1-3H3. The number of amides is 2. The van der Waals surface area contributed by atoms with Gasteiger partial charge < -0.3 is 14.8 Å². The van der Waals surface area contributed by atoms with Gasteiger partial charge in [-0.15, -0.1) is 0 Å². The van der Waals surface area contributed by atoms with Crippen molar-refractivity contribution >= 4 is 34.7 Å². The number of ether oxygens (including phenoxy) is 2. The summed E-state index contributed by atoms with van der Waals surface area (Å²) in [6.07, 6.45) is 1.48. The van der Waals surface area contributed by atoms with E-state index in [4.69, 9.17) is 21.1 Å². The minimum atomic E-state index is -0.354. The fourth-order valence-corrected chi connectivity index (χ4v) is 3.61. The van der Waals surface area contributed by atoms with Crippen molar-refractivity contribution in [3.63, 3.8) is 0 Å². The molecule has 0 atom stereocenters. The van der Waals surface area contributed by atoms with Crippen LogP contribution in [-0.4, -0.2) is 43.1 Å². The molecule has 1 aliphatic heterocycles. The number of hydrogen-bond donors (Lipinski definition) is 1. The lowest BCUT2D eigenvalue weighted by atomic mass is 10.0. The van der Waals surface area contributed by atoms with Gasteiger partial charge in [-0.3, -0.25) is 14.5 Å². The third kappa shape index (κ3) is 5.50. The normalized spacial score (nSPS) is 13.8. The summed E-state index contributed by atoms with van der Waals surface area (Å²) in [6, 6.07) is 12.6. The lowest BCUT2D eigenvalue weighted by Crippen LogP contribution is -2.34. The summed E-state index contributed by atoms with van der Waals surface area (Å²) in [5.41, 5.74) is 2.85. The van der Waals surface area contributed by atoms with Crippen LogP contribution in [0.25, 0.3) is 5.57 Å². The molecule has 0 aliphatic carbocycles. The molecule has 1 N–H and O–H groups in total. The first kappa shape index (κ1) is 23.8. The summed E-state index contributed by atoms with van der Waals surface area (Å²) >= 11 is 6.16. The summed E-state index contributed by atoms with van der Waals surface area (Å²) in [5.74, 6) is 0.0461. The lowest BCUT2D eigenvalue weighted by Gasteiger charge is -2.15. The number of anilines is 1. The Morgan fingerprint density at radius 3 is 2.44 bits per heavy atom. The highest BCUT2D eigenvalue weighted by Crippen LogP contribution is 2.33. The molecule has 7 heteroatoms. The minimum Gasteiger partial charge on any atom is -0.494 e. The van der Waals surface area contributed by atoms with Crippen LogP contribution in [0.1, 0.15) is 37.8 Å². The van der Waals surface area contributed by atoms with Crippen LogP contribution in [-0.2, 0) is 14.3 Å². The van der Waals surface area contributed by atoms with Crippen LogP contribution >= 0.6 is 11.6 Å². The van der Waals surface area contributed by atoms with Crippen LogP contribution in [0.3, 0.4) is 0 Å². The predicted molar refractivity (Wildman–Crippen MR) is 127 cm³/mol. The molecular formula is C25H29ClN2O4. The summed E-state index contributed by atoms with van der Waals surface area (Å²) < 4.78 is 11.0. The third-order valence-corrected chi connectivity index (χ3v) is 5.35. The second-order valence-electron chi connectivity index (χ2n) is 7.52. The van der Waals surface area contributed by atoms with Gasteiger partial charge in [0.15, 0.2) is 0 Å². The molecule has 0 bridgehead atoms. The highest BCUT2D eigenvalue weighted by Gasteiger charge is 2.39. The highest BCUT2D eigenvalue weighted by atomic mass is 35.5. The molecule has 2 amide bonds. The first-order valence-corrected chi connectivity index (χ1v) is 11.3. The first-order valence-electron chi connectivity index (χ1n) is 10.9. The largest absolute Gasteiger partial charge is 0.494 e. The van der Waals surface area contributed by atoms with Crippen molar-refractivity contribution in [3.05, 3.63) is 64.3 Å². The fourth-order valence-electron chi connectivity index (χ4n) is 3.43. The molecule has 170 valence electrons. The maximum atomic E-state index is 13.3. The van der Waals surface area contributed by atoms with E-state index in [9.17, 15) is 9.59 Å². The Labute approximate surface area is 194 Å². The molecule has 3 rings (SSSR count). The molecule has 0 saturated heterocycles. The first-order chi connectivity index (χ1) is 15.5. The Kier molecular flexibility index (Phi) is 8.31. The molecule has 2 aromatic rings. The van der Waals surface area contributed by atoms with Gasteiger partial charge in [-0.25, -0.2) is 0 Å². The zero-order chi connectivity index (χ0) is 23.1. The number of rotatable bonds is 11. The van der Waals surface area contributed by atoms with Gasteiger partial charge >= 0.3 is 0 Å². The Balaban J connectivity index is 1.94. The Bertz CT molecular complexity index is 1000. The Morgan fingerprint density at radius 2 is 1.75 bits per heavy atom. The van der Waals surface area contributed by atoms with E-state index in [0.717, 1.165) is 17.7 Å². The topological polar surface area (TPSA) is 67.9 Å². The van der Waals surface area contributed by atoms with Crippen LogP contribution in [0.2, 0.25) is 5.02 Å². The van der Waals surface area contributed by atoms with Gasteiger partial charge in [0.1, 0.15) is 11.4 Å². The zero-order valence-electron chi connectivity index (χ0n) is 18.7. The fraction of sp³-hybridized carbons (Fsp3) is 0.360. The molecule has 0 saturated carbocycles. The molecule has 6 nitrogen and oxygen atoms in total. The van der Waals surface area contributed by atoms with Gasteiger partial charge in [0.05, 0.1) is 12.2 Å². The molecule has 2 aromatic carbocycles. The van der Waals surface area contributed by atoms with E-state index in [-0.39, 0.29) is 17.5 Å². The van der Waals surface area contributed by atoms with Crippen molar-refractivity contribution in [1.82, 2.24) is 4.90 Å². The zero-order valence-corrected chi connectivity index (χ0v) is 19.5. The quantitative estimate of drug-likeness (QED) is 0.378. The number of nitrogens with one attached hydrogen (secondary N) is 1. The summed E-state index contributed by atoms with van der Waals surface area (Å²) in [7, 11) is 0. The number of aryl methyl sites for hydroxylation is 1. The number of imide groups is 1. The van der Waals surface area contributed by atoms with E-state index in [1.165, 1.54) is 4.90 Å². The predicted octanol–water partition coefficient (Wildman–Crippen LogP) is 5.06. The van der Waals surface area contributed by atoms with Gasteiger partial charge in [-0.2, -0.15) is 0 Å². The van der Waals surface area contributed by atoms with Crippen molar-refractivity contribution in [2.75, 3.05) is 31.7 Å². The monoisotopic (exact) mass is 456 g/mol. The number of nitrogens with zero attached hydrogens (tertiary/aromatic N) is 1. The van der Waals surface area contributed by atoms with Gasteiger partial charge in [0.2, 0.25) is 0 Å². The lowest BCUT2D eigenvalue weighted by molar-refractivity contribution is -0.137. The van der Waals surface area contributed by atoms with E-state index in [1.54, 1.807) is 12.1 Å². The van der Waals surface area contributed by atoms with Gasteiger partial charge in [-0.1, -0.05) is 36.7 Å². The highest BCUT2D eigenvalue weighted by molar-refractivity contribution is 6.36. The molecule has 32 heavy (non-hydrogen) atoms. The minimum absolute atomic E-state index is 0.249. The van der Waals surface area contributed by atoms with Crippen LogP contribution in [0.15, 0.2) is 48.2 Å². The van der Waals surface area contributed by atoms with Crippen molar-refractivity contribution in [1.29, 1.82) is 0 Å². The van der Waals surface area contributed by atoms with E-state index >= 15 is 0 Å². The average Bonchev–Trinajstić information content (AvgIpc) is 3.02. The maximum absolute atomic E-state index is 13.3. The third-order valence-electron chi connectivity index (χ3n) is 5.12. The van der Waals surface area contributed by atoms with Gasteiger partial charge in [-0.05, 0) is 62.1 Å². The number of hydrogen-bond acceptors (Lipinski definition) is 5. The molecule has 0 fully saturated rings. The molecule has 1 aliphatic rings. The molecule has 1 heterocycles. The van der Waals surface area contributed by atoms with Crippen molar-refractivity contribution in [2.45, 2.75) is 33.6 Å². The van der Waals surface area contributed by atoms with Crippen molar-refractivity contribution in [3.8, 4) is 5.75 Å². The van der Waals surface area contributed by atoms with Crippen molar-refractivity contribution in [2.24, 2.45) is 0 Å². The van der Waals surface area contributed by atoms with E-state index < -0.39 is 0 Å². The summed E-state index contributed by atoms with van der Waals surface area (Å²) in [5, 5.41) is 3.72. The Morgan fingerprint density at radius 1 is 1.00 bits per heavy atom. The molecule has 0 unspecified atom stereocenters. The van der Waals surface area contributed by atoms with E-state index in [1.807, 2.05) is 51.1 Å². The number of halogens is 1. The SMILES string of the molecule is CCCOc1ccc(C2=C(Nc3cc(Cl)ccc3C)C(=O)N(CCCOCC)C2=O)cc1. The summed E-state index contributed by atoms with van der Waals surface area (Å²) in [6.45, 7) is 7.86. The van der Waals surface area contributed by atoms with Crippen LogP contribution in [0, 0.1) is 6.92 Å². The molecular weight excluding hydrogens is 428 g/mol. The van der Waals surface area contributed by atoms with E-state index in [2.05, 4.69) is 5.32 Å². The molecule has 0 radical (unpaired) electrons. The number of benzene rings is 2. The second-order valence-corrected chi connectivity index (χ2v) is 7.96. The van der Waals surface area contributed by atoms with Crippen LogP contribution in [0.4, 0.5) is 5.69 Å². The maximum Gasteiger partial charge on any atom is 0.278 e. The van der Waals surface area contributed by atoms with Gasteiger partial charge in [0, 0.05) is 30.5 Å².